The number of halogens is 1. The normalized spacial score (nSPS) is 17.9. The number of amides is 2. The molecule has 0 aliphatic heterocycles. The summed E-state index contributed by atoms with van der Waals surface area (Å²) in [6.45, 7) is 2.99. The maximum absolute atomic E-state index is 13.3. The average molecular weight is 627 g/mol. The standard InChI is InChI=1S/C31H42N8O4.ClH/c1-39(13-15-43-17-16-42-14-11-32)31(41)21-2-5-24(6-3-21)35-30(40)27-18-25(34-23-7-8-23)19-29(37-27)38-28-9-4-22-20-33-12-10-26(22)36-28;/h4,9-10,12,18-21,23-24H,2-3,5-8,11,13-17,32H2,1H3,(H,35,40)(H2,34,36,37,38);1H. The molecule has 238 valence electrons. The number of carbonyl (C=O) groups is 2. The molecule has 3 aromatic rings. The number of pyridine rings is 3. The summed E-state index contributed by atoms with van der Waals surface area (Å²) in [6.07, 6.45) is 8.65. The van der Waals surface area contributed by atoms with Crippen molar-refractivity contribution in [3.63, 3.8) is 0 Å². The van der Waals surface area contributed by atoms with Crippen LogP contribution in [0, 0.1) is 5.92 Å². The maximum atomic E-state index is 13.3. The molecule has 0 radical (unpaired) electrons. The first-order valence-corrected chi connectivity index (χ1v) is 15.2. The lowest BCUT2D eigenvalue weighted by molar-refractivity contribution is -0.136. The summed E-state index contributed by atoms with van der Waals surface area (Å²) in [5, 5.41) is 10.8. The predicted octanol–water partition coefficient (Wildman–Crippen LogP) is 3.50. The number of aromatic nitrogens is 3. The highest BCUT2D eigenvalue weighted by Crippen LogP contribution is 2.29. The van der Waals surface area contributed by atoms with Crippen LogP contribution in [0.4, 0.5) is 17.3 Å². The zero-order chi connectivity index (χ0) is 30.0. The first-order valence-electron chi connectivity index (χ1n) is 15.2. The number of hydrogen-bond acceptors (Lipinski definition) is 10. The molecule has 0 spiro atoms. The third-order valence-corrected chi connectivity index (χ3v) is 7.74. The molecule has 5 rings (SSSR count). The monoisotopic (exact) mass is 626 g/mol. The van der Waals surface area contributed by atoms with Gasteiger partial charge in [0.1, 0.15) is 17.3 Å². The van der Waals surface area contributed by atoms with Crippen molar-refractivity contribution in [3.8, 4) is 0 Å². The SMILES string of the molecule is CN(CCOCCOCCN)C(=O)C1CCC(NC(=O)c2cc(NC3CC3)cc(Nc3ccc4cnccc4n3)n2)CC1.Cl. The van der Waals surface area contributed by atoms with Gasteiger partial charge in [0.2, 0.25) is 5.91 Å². The maximum Gasteiger partial charge on any atom is 0.270 e. The van der Waals surface area contributed by atoms with Crippen LogP contribution in [0.2, 0.25) is 0 Å². The minimum absolute atomic E-state index is 0. The van der Waals surface area contributed by atoms with E-state index in [1.165, 1.54) is 0 Å². The molecular formula is C31H43ClN8O4. The Labute approximate surface area is 264 Å². The molecule has 0 aromatic carbocycles. The van der Waals surface area contributed by atoms with Gasteiger partial charge in [0.25, 0.3) is 5.91 Å². The molecule has 2 aliphatic carbocycles. The Morgan fingerprint density at radius 1 is 0.932 bits per heavy atom. The third-order valence-electron chi connectivity index (χ3n) is 7.74. The van der Waals surface area contributed by atoms with E-state index in [1.54, 1.807) is 23.4 Å². The van der Waals surface area contributed by atoms with Crippen LogP contribution in [0.25, 0.3) is 10.9 Å². The number of nitrogens with zero attached hydrogens (tertiary/aromatic N) is 4. The number of ether oxygens (including phenoxy) is 2. The molecule has 2 saturated carbocycles. The highest BCUT2D eigenvalue weighted by Gasteiger charge is 2.29. The third kappa shape index (κ3) is 9.71. The van der Waals surface area contributed by atoms with E-state index in [4.69, 9.17) is 15.2 Å². The lowest BCUT2D eigenvalue weighted by Gasteiger charge is -2.31. The first kappa shape index (κ1) is 33.3. The highest BCUT2D eigenvalue weighted by atomic mass is 35.5. The van der Waals surface area contributed by atoms with Crippen LogP contribution in [0.3, 0.4) is 0 Å². The molecule has 44 heavy (non-hydrogen) atoms. The van der Waals surface area contributed by atoms with Crippen LogP contribution >= 0.6 is 12.4 Å². The van der Waals surface area contributed by atoms with Crippen molar-refractivity contribution < 1.29 is 19.1 Å². The number of fused-ring (bicyclic) bond motifs is 1. The largest absolute Gasteiger partial charge is 0.382 e. The molecule has 5 N–H and O–H groups in total. The Morgan fingerprint density at radius 3 is 2.43 bits per heavy atom. The fraction of sp³-hybridized carbons (Fsp3) is 0.516. The van der Waals surface area contributed by atoms with Crippen LogP contribution in [-0.4, -0.2) is 90.3 Å². The fourth-order valence-corrected chi connectivity index (χ4v) is 5.20. The van der Waals surface area contributed by atoms with Crippen LogP contribution in [0.1, 0.15) is 49.0 Å². The van der Waals surface area contributed by atoms with Gasteiger partial charge in [0, 0.05) is 67.7 Å². The molecule has 0 saturated heterocycles. The summed E-state index contributed by atoms with van der Waals surface area (Å²) in [5.74, 6) is 1.04. The quantitative estimate of drug-likeness (QED) is 0.184. The van der Waals surface area contributed by atoms with Gasteiger partial charge in [-0.15, -0.1) is 12.4 Å². The highest BCUT2D eigenvalue weighted by molar-refractivity contribution is 5.94. The van der Waals surface area contributed by atoms with E-state index in [-0.39, 0.29) is 36.2 Å². The van der Waals surface area contributed by atoms with Gasteiger partial charge in [-0.2, -0.15) is 0 Å². The van der Waals surface area contributed by atoms with Crippen molar-refractivity contribution in [1.29, 1.82) is 0 Å². The lowest BCUT2D eigenvalue weighted by atomic mass is 9.85. The minimum atomic E-state index is -0.223. The summed E-state index contributed by atoms with van der Waals surface area (Å²) in [7, 11) is 1.81. The van der Waals surface area contributed by atoms with Gasteiger partial charge < -0.3 is 36.1 Å². The van der Waals surface area contributed by atoms with E-state index < -0.39 is 0 Å². The Hall–Kier alpha value is -3.58. The van der Waals surface area contributed by atoms with Crippen molar-refractivity contribution >= 4 is 52.4 Å². The van der Waals surface area contributed by atoms with Crippen molar-refractivity contribution in [3.05, 3.63) is 48.4 Å². The van der Waals surface area contributed by atoms with Crippen LogP contribution in [-0.2, 0) is 14.3 Å². The van der Waals surface area contributed by atoms with Gasteiger partial charge in [-0.3, -0.25) is 14.6 Å². The molecular weight excluding hydrogens is 584 g/mol. The van der Waals surface area contributed by atoms with Crippen LogP contribution in [0.5, 0.6) is 0 Å². The second kappa shape index (κ2) is 16.5. The Balaban J connectivity index is 0.00000442. The van der Waals surface area contributed by atoms with E-state index in [1.807, 2.05) is 31.3 Å². The summed E-state index contributed by atoms with van der Waals surface area (Å²) >= 11 is 0. The molecule has 0 atom stereocenters. The van der Waals surface area contributed by atoms with E-state index in [2.05, 4.69) is 30.9 Å². The Morgan fingerprint density at radius 2 is 1.68 bits per heavy atom. The zero-order valence-corrected chi connectivity index (χ0v) is 26.0. The minimum Gasteiger partial charge on any atom is -0.382 e. The van der Waals surface area contributed by atoms with E-state index in [0.717, 1.165) is 55.1 Å². The Bertz CT molecular complexity index is 1380. The van der Waals surface area contributed by atoms with Gasteiger partial charge in [0.15, 0.2) is 0 Å². The molecule has 2 fully saturated rings. The lowest BCUT2D eigenvalue weighted by Crippen LogP contribution is -2.42. The van der Waals surface area contributed by atoms with E-state index >= 15 is 0 Å². The molecule has 0 bridgehead atoms. The predicted molar refractivity (Wildman–Crippen MR) is 172 cm³/mol. The van der Waals surface area contributed by atoms with E-state index in [0.29, 0.717) is 62.9 Å². The van der Waals surface area contributed by atoms with Gasteiger partial charge in [-0.1, -0.05) is 0 Å². The van der Waals surface area contributed by atoms with Gasteiger partial charge in [-0.05, 0) is 62.8 Å². The number of hydrogen-bond donors (Lipinski definition) is 4. The molecule has 2 amide bonds. The molecule has 2 aliphatic rings. The fourth-order valence-electron chi connectivity index (χ4n) is 5.20. The van der Waals surface area contributed by atoms with Crippen molar-refractivity contribution in [2.75, 3.05) is 57.2 Å². The van der Waals surface area contributed by atoms with Crippen molar-refractivity contribution in [1.82, 2.24) is 25.2 Å². The summed E-state index contributed by atoms with van der Waals surface area (Å²) in [6, 6.07) is 9.80. The number of carbonyl (C=O) groups excluding carboxylic acids is 2. The second-order valence-corrected chi connectivity index (χ2v) is 11.2. The first-order chi connectivity index (χ1) is 21.0. The molecule has 12 nitrogen and oxygen atoms in total. The average Bonchev–Trinajstić information content (AvgIpc) is 3.84. The van der Waals surface area contributed by atoms with Gasteiger partial charge in [0.05, 0.1) is 31.9 Å². The molecule has 0 unspecified atom stereocenters. The number of nitrogens with two attached hydrogens (primary N) is 1. The summed E-state index contributed by atoms with van der Waals surface area (Å²) < 4.78 is 10.8. The topological polar surface area (TPSA) is 157 Å². The molecule has 13 heteroatoms. The number of nitrogens with one attached hydrogen (secondary N) is 3. The summed E-state index contributed by atoms with van der Waals surface area (Å²) in [4.78, 5) is 41.5. The smallest absolute Gasteiger partial charge is 0.270 e. The Kier molecular flexibility index (Phi) is 12.5. The number of likely N-dealkylation sites (N-methyl/N-ethyl adjacent to an activating group) is 1. The molecule has 3 heterocycles. The van der Waals surface area contributed by atoms with Crippen LogP contribution in [0.15, 0.2) is 42.7 Å². The number of anilines is 3. The molecule has 3 aromatic heterocycles. The zero-order valence-electron chi connectivity index (χ0n) is 25.2. The van der Waals surface area contributed by atoms with Gasteiger partial charge in [-0.25, -0.2) is 9.97 Å². The second-order valence-electron chi connectivity index (χ2n) is 11.2. The summed E-state index contributed by atoms with van der Waals surface area (Å²) in [5.41, 5.74) is 7.40. The van der Waals surface area contributed by atoms with Crippen molar-refractivity contribution in [2.24, 2.45) is 11.7 Å². The number of rotatable bonds is 15. The van der Waals surface area contributed by atoms with E-state index in [9.17, 15) is 9.59 Å². The van der Waals surface area contributed by atoms with Crippen LogP contribution < -0.4 is 21.7 Å². The van der Waals surface area contributed by atoms with Crippen molar-refractivity contribution in [2.45, 2.75) is 50.6 Å². The van der Waals surface area contributed by atoms with Gasteiger partial charge >= 0.3 is 0 Å².